The van der Waals surface area contributed by atoms with E-state index in [0.29, 0.717) is 6.07 Å². The van der Waals surface area contributed by atoms with Crippen molar-refractivity contribution in [3.63, 3.8) is 0 Å². The highest BCUT2D eigenvalue weighted by Crippen LogP contribution is 2.59. The van der Waals surface area contributed by atoms with Gasteiger partial charge < -0.3 is 26.8 Å². The van der Waals surface area contributed by atoms with Gasteiger partial charge in [0.25, 0.3) is 16.8 Å². The molecule has 5 nitrogen and oxygen atoms in total. The molecule has 3 rings (SSSR count). The van der Waals surface area contributed by atoms with Crippen molar-refractivity contribution in [3.8, 4) is 0 Å². The smallest absolute Gasteiger partial charge is 0.398 e. The summed E-state index contributed by atoms with van der Waals surface area (Å²) >= 11 is 0. The molecule has 7 N–H and O–H groups in total. The molecule has 0 fully saturated rings. The maximum Gasteiger partial charge on any atom is 0.430 e. The first-order valence-corrected chi connectivity index (χ1v) is 11.3. The molecule has 0 spiro atoms. The lowest BCUT2D eigenvalue weighted by Gasteiger charge is -2.38. The second-order valence-corrected chi connectivity index (χ2v) is 9.65. The molecule has 46 heavy (non-hydrogen) atoms. The number of nitrogens with two attached hydrogens (primary N) is 2. The van der Waals surface area contributed by atoms with E-state index in [0.717, 1.165) is 0 Å². The lowest BCUT2D eigenvalue weighted by Crippen LogP contribution is -2.56. The summed E-state index contributed by atoms with van der Waals surface area (Å²) in [7, 11) is 0. The van der Waals surface area contributed by atoms with E-state index in [2.05, 4.69) is 0 Å². The zero-order valence-electron chi connectivity index (χ0n) is 21.2. The van der Waals surface area contributed by atoms with Crippen molar-refractivity contribution in [1.82, 2.24) is 0 Å². The maximum absolute atomic E-state index is 14.0. The van der Waals surface area contributed by atoms with Gasteiger partial charge in [-0.05, 0) is 45.8 Å². The van der Waals surface area contributed by atoms with Crippen LogP contribution in [-0.4, -0.2) is 52.4 Å². The van der Waals surface area contributed by atoms with Gasteiger partial charge in [0.2, 0.25) is 0 Å². The summed E-state index contributed by atoms with van der Waals surface area (Å²) in [6.45, 7) is 0. The Kier molecular flexibility index (Phi) is 7.98. The van der Waals surface area contributed by atoms with Crippen LogP contribution in [-0.2, 0) is 16.8 Å². The fraction of sp³-hybridized carbons (Fsp3) is 0.391. The van der Waals surface area contributed by atoms with Gasteiger partial charge in [0.1, 0.15) is 0 Å². The van der Waals surface area contributed by atoms with Gasteiger partial charge in [-0.3, -0.25) is 0 Å². The molecule has 0 saturated carbocycles. The van der Waals surface area contributed by atoms with E-state index in [-0.39, 0.29) is 12.1 Å². The number of hydrogen-bond acceptors (Lipinski definition) is 5. The number of fused-ring (bicyclic) bond motifs is 2. The first-order chi connectivity index (χ1) is 20.1. The molecule has 0 unspecified atom stereocenters. The Balaban J connectivity index is 2.86. The van der Waals surface area contributed by atoms with E-state index in [1.165, 1.54) is 0 Å². The lowest BCUT2D eigenvalue weighted by atomic mass is 9.78. The molecule has 3 aromatic rings. The van der Waals surface area contributed by atoms with Crippen LogP contribution < -0.4 is 11.5 Å². The van der Waals surface area contributed by atoms with Crippen LogP contribution >= 0.6 is 0 Å². The molecule has 23 heteroatoms. The highest BCUT2D eigenvalue weighted by Gasteiger charge is 2.76. The van der Waals surface area contributed by atoms with Gasteiger partial charge in [0, 0.05) is 28.1 Å². The number of benzene rings is 3. The topological polar surface area (TPSA) is 113 Å². The molecule has 0 aromatic heterocycles. The molecule has 0 aliphatic heterocycles. The Morgan fingerprint density at radius 3 is 1.13 bits per heavy atom. The second-order valence-electron chi connectivity index (χ2n) is 9.65. The van der Waals surface area contributed by atoms with Crippen molar-refractivity contribution in [2.45, 2.75) is 53.9 Å². The molecule has 3 aromatic carbocycles. The summed E-state index contributed by atoms with van der Waals surface area (Å²) in [4.78, 5) is 0. The van der Waals surface area contributed by atoms with Gasteiger partial charge in [0.15, 0.2) is 0 Å². The molecule has 0 radical (unpaired) electrons. The van der Waals surface area contributed by atoms with Crippen molar-refractivity contribution < 1.29 is 94.3 Å². The fourth-order valence-electron chi connectivity index (χ4n) is 4.70. The number of anilines is 2. The average molecular weight is 706 g/mol. The molecule has 0 amide bonds. The van der Waals surface area contributed by atoms with Crippen LogP contribution in [0.2, 0.25) is 0 Å². The predicted octanol–water partition coefficient (Wildman–Crippen LogP) is 7.09. The summed E-state index contributed by atoms with van der Waals surface area (Å²) in [5.74, 6) is 0. The quantitative estimate of drug-likeness (QED) is 0.114. The SMILES string of the molecule is Nc1ccc2cc3cc(C(O)(C(F)(F)F)C(F)(F)F)c(N)c(C(O)(C(F)(F)F)C(F)(F)F)c3cc2c1C(O)(C(F)(F)F)C(F)(F)F. The molecule has 0 atom stereocenters. The Morgan fingerprint density at radius 2 is 0.761 bits per heavy atom. The van der Waals surface area contributed by atoms with E-state index in [9.17, 15) is 94.3 Å². The number of alkyl halides is 18. The van der Waals surface area contributed by atoms with Crippen molar-refractivity contribution in [2.24, 2.45) is 0 Å². The van der Waals surface area contributed by atoms with Crippen LogP contribution in [0.5, 0.6) is 0 Å². The van der Waals surface area contributed by atoms with E-state index >= 15 is 0 Å². The molecule has 258 valence electrons. The van der Waals surface area contributed by atoms with Crippen LogP contribution in [0.3, 0.4) is 0 Å². The fourth-order valence-corrected chi connectivity index (χ4v) is 4.70. The van der Waals surface area contributed by atoms with E-state index in [4.69, 9.17) is 11.5 Å². The Morgan fingerprint density at radius 1 is 0.413 bits per heavy atom. The van der Waals surface area contributed by atoms with Gasteiger partial charge in [-0.1, -0.05) is 6.07 Å². The number of rotatable bonds is 3. The third-order valence-electron chi connectivity index (χ3n) is 6.93. The van der Waals surface area contributed by atoms with Crippen LogP contribution in [0.15, 0.2) is 30.3 Å². The van der Waals surface area contributed by atoms with Crippen molar-refractivity contribution >= 4 is 32.9 Å². The normalized spacial score (nSPS) is 15.2. The summed E-state index contributed by atoms with van der Waals surface area (Å²) in [6.07, 6.45) is -42.1. The van der Waals surface area contributed by atoms with Crippen molar-refractivity contribution in [3.05, 3.63) is 47.0 Å². The van der Waals surface area contributed by atoms with Gasteiger partial charge in [0.05, 0.1) is 0 Å². The number of halogens is 18. The van der Waals surface area contributed by atoms with Crippen LogP contribution in [0.25, 0.3) is 21.5 Å². The summed E-state index contributed by atoms with van der Waals surface area (Å²) < 4.78 is 248. The second kappa shape index (κ2) is 9.95. The highest BCUT2D eigenvalue weighted by atomic mass is 19.4. The predicted molar refractivity (Wildman–Crippen MR) is 118 cm³/mol. The monoisotopic (exact) mass is 706 g/mol. The standard InChI is InChI=1S/C23H12F18N2O3/c24-18(25,26)15(44,19(27,28)29)10-4-7-3-6-1-2-11(42)12(16(45,20(30,31)32)21(33,34)35)8(6)5-9(7)13(14(10)43)17(46,22(36,37)38)23(39,40)41/h1-5,44-46H,42-43H2. The lowest BCUT2D eigenvalue weighted by molar-refractivity contribution is -0.377. The Labute approximate surface area is 240 Å². The number of nitrogen functional groups attached to an aromatic ring is 2. The maximum atomic E-state index is 14.0. The van der Waals surface area contributed by atoms with Crippen molar-refractivity contribution in [2.75, 3.05) is 11.5 Å². The largest absolute Gasteiger partial charge is 0.430 e. The summed E-state index contributed by atoms with van der Waals surface area (Å²) in [5, 5.41) is 22.9. The third kappa shape index (κ3) is 4.88. The average Bonchev–Trinajstić information content (AvgIpc) is 2.82. The van der Waals surface area contributed by atoms with Crippen LogP contribution in [0, 0.1) is 0 Å². The first kappa shape index (κ1) is 36.9. The van der Waals surface area contributed by atoms with Gasteiger partial charge in [-0.25, -0.2) is 0 Å². The zero-order chi connectivity index (χ0) is 36.2. The van der Waals surface area contributed by atoms with Gasteiger partial charge in [-0.2, -0.15) is 79.0 Å². The molecule has 0 aliphatic carbocycles. The molecular weight excluding hydrogens is 694 g/mol. The Hall–Kier alpha value is -3.60. The van der Waals surface area contributed by atoms with E-state index in [1.807, 2.05) is 0 Å². The minimum Gasteiger partial charge on any atom is -0.398 e. The highest BCUT2D eigenvalue weighted by molar-refractivity contribution is 6.05. The molecular formula is C23H12F18N2O3. The minimum absolute atomic E-state index is 0.104. The molecule has 0 heterocycles. The van der Waals surface area contributed by atoms with Crippen LogP contribution in [0.1, 0.15) is 16.7 Å². The molecule has 0 aliphatic rings. The van der Waals surface area contributed by atoms with Crippen LogP contribution in [0.4, 0.5) is 90.4 Å². The first-order valence-electron chi connectivity index (χ1n) is 11.3. The zero-order valence-corrected chi connectivity index (χ0v) is 21.2. The summed E-state index contributed by atoms with van der Waals surface area (Å²) in [5.41, 5.74) is -22.2. The molecule has 0 saturated heterocycles. The number of aliphatic hydroxyl groups is 3. The van der Waals surface area contributed by atoms with E-state index in [1.54, 1.807) is 0 Å². The van der Waals surface area contributed by atoms with E-state index < -0.39 is 116 Å². The Bertz CT molecular complexity index is 1640. The molecule has 0 bridgehead atoms. The summed E-state index contributed by atoms with van der Waals surface area (Å²) in [6, 6.07) is -0.660. The van der Waals surface area contributed by atoms with Gasteiger partial charge >= 0.3 is 37.1 Å². The van der Waals surface area contributed by atoms with Crippen molar-refractivity contribution in [1.29, 1.82) is 0 Å². The van der Waals surface area contributed by atoms with Gasteiger partial charge in [-0.15, -0.1) is 0 Å². The third-order valence-corrected chi connectivity index (χ3v) is 6.93. The number of hydrogen-bond donors (Lipinski definition) is 5. The minimum atomic E-state index is -7.20.